The normalized spacial score (nSPS) is 13.8. The fourth-order valence-corrected chi connectivity index (χ4v) is 9.06. The van der Waals surface area contributed by atoms with Crippen LogP contribution in [0.4, 0.5) is 0 Å². The van der Waals surface area contributed by atoms with E-state index in [-0.39, 0.29) is 5.41 Å². The van der Waals surface area contributed by atoms with Gasteiger partial charge in [-0.15, -0.1) is 0 Å². The lowest BCUT2D eigenvalue weighted by Crippen LogP contribution is -2.28. The molecule has 1 spiro atoms. The van der Waals surface area contributed by atoms with Crippen LogP contribution in [0.1, 0.15) is 48.8 Å². The molecule has 0 saturated heterocycles. The zero-order chi connectivity index (χ0) is 37.5. The second-order valence-corrected chi connectivity index (χ2v) is 15.0. The number of hydrogen-bond donors (Lipinski definition) is 0. The van der Waals surface area contributed by atoms with E-state index in [4.69, 9.17) is 9.97 Å². The number of benzene rings is 6. The fraction of sp³-hybridized carbons (Fsp3) is 0.115. The molecule has 4 nitrogen and oxygen atoms in total. The van der Waals surface area contributed by atoms with Crippen LogP contribution < -0.4 is 0 Å². The van der Waals surface area contributed by atoms with Crippen molar-refractivity contribution in [1.82, 2.24) is 15.0 Å². The average Bonchev–Trinajstić information content (AvgIpc) is 3.55. The molecule has 4 heteroatoms. The second kappa shape index (κ2) is 14.0. The quantitative estimate of drug-likeness (QED) is 0.172. The van der Waals surface area contributed by atoms with Gasteiger partial charge < -0.3 is 0 Å². The summed E-state index contributed by atoms with van der Waals surface area (Å²) in [7, 11) is 0. The predicted octanol–water partition coefficient (Wildman–Crippen LogP) is 13.0. The van der Waals surface area contributed by atoms with E-state index < -0.39 is 0 Å². The van der Waals surface area contributed by atoms with E-state index >= 15 is 0 Å². The summed E-state index contributed by atoms with van der Waals surface area (Å²) in [5.74, 6) is 0.697. The van der Waals surface area contributed by atoms with Gasteiger partial charge in [-0.2, -0.15) is 5.26 Å². The lowest BCUT2D eigenvalue weighted by molar-refractivity contribution is 0.353. The van der Waals surface area contributed by atoms with Crippen LogP contribution in [0, 0.1) is 11.3 Å². The SMILES string of the molecule is N#Cc1ccc2c(c1)-c1c(-c3ccc(-c4ccc(-c5cc(-c6ccc(-c7cccnc7)cc6)nc(-c6ccccc6)n5)cc4)cc3)cccc1C21CCCCC1. The molecule has 0 bridgehead atoms. The van der Waals surface area contributed by atoms with Gasteiger partial charge in [-0.05, 0) is 92.7 Å². The maximum atomic E-state index is 9.83. The van der Waals surface area contributed by atoms with Crippen LogP contribution in [-0.2, 0) is 5.41 Å². The molecule has 56 heavy (non-hydrogen) atoms. The largest absolute Gasteiger partial charge is 0.264 e. The van der Waals surface area contributed by atoms with E-state index in [9.17, 15) is 5.26 Å². The second-order valence-electron chi connectivity index (χ2n) is 15.0. The number of nitriles is 1. The van der Waals surface area contributed by atoms with Gasteiger partial charge >= 0.3 is 0 Å². The number of fused-ring (bicyclic) bond motifs is 5. The minimum absolute atomic E-state index is 0.0474. The summed E-state index contributed by atoms with van der Waals surface area (Å²) >= 11 is 0. The van der Waals surface area contributed by atoms with Crippen LogP contribution in [0.25, 0.3) is 78.4 Å². The van der Waals surface area contributed by atoms with Gasteiger partial charge in [0.05, 0.1) is 23.0 Å². The summed E-state index contributed by atoms with van der Waals surface area (Å²) in [4.78, 5) is 14.4. The van der Waals surface area contributed by atoms with Gasteiger partial charge in [0.25, 0.3) is 0 Å². The van der Waals surface area contributed by atoms with Crippen LogP contribution in [0.3, 0.4) is 0 Å². The Morgan fingerprint density at radius 3 is 1.70 bits per heavy atom. The maximum Gasteiger partial charge on any atom is 0.160 e. The molecule has 0 unspecified atom stereocenters. The first-order valence-electron chi connectivity index (χ1n) is 19.5. The van der Waals surface area contributed by atoms with Crippen molar-refractivity contribution in [2.24, 2.45) is 0 Å². The highest BCUT2D eigenvalue weighted by atomic mass is 14.9. The molecule has 10 rings (SSSR count). The van der Waals surface area contributed by atoms with E-state index in [1.165, 1.54) is 65.5 Å². The first kappa shape index (κ1) is 33.6. The van der Waals surface area contributed by atoms with E-state index in [1.54, 1.807) is 6.20 Å². The summed E-state index contributed by atoms with van der Waals surface area (Å²) < 4.78 is 0. The third-order valence-electron chi connectivity index (χ3n) is 11.9. The Morgan fingerprint density at radius 2 is 1.07 bits per heavy atom. The monoisotopic (exact) mass is 718 g/mol. The molecule has 0 radical (unpaired) electrons. The highest BCUT2D eigenvalue weighted by Crippen LogP contribution is 2.58. The molecular formula is C52H38N4. The van der Waals surface area contributed by atoms with Crippen molar-refractivity contribution >= 4 is 0 Å². The Morgan fingerprint density at radius 1 is 0.464 bits per heavy atom. The predicted molar refractivity (Wildman–Crippen MR) is 226 cm³/mol. The zero-order valence-electron chi connectivity index (χ0n) is 31.0. The standard InChI is InChI=1S/C52H38N4/c53-33-35-14-27-46-45(31-35)50-44(12-7-13-47(50)52(46)28-5-2-6-29-52)39-21-15-36(16-22-39)37-17-23-40(24-18-37)48-32-49(56-51(55-48)42-9-3-1-4-10-42)41-25-19-38(20-26-41)43-11-8-30-54-34-43/h1,3-4,7-27,30-32,34H,2,5-6,28-29H2. The molecule has 0 amide bonds. The van der Waals surface area contributed by atoms with Crippen molar-refractivity contribution in [3.63, 3.8) is 0 Å². The number of pyridine rings is 1. The van der Waals surface area contributed by atoms with Crippen LogP contribution in [0.2, 0.25) is 0 Å². The topological polar surface area (TPSA) is 62.5 Å². The Kier molecular flexibility index (Phi) is 8.42. The number of rotatable bonds is 6. The zero-order valence-corrected chi connectivity index (χ0v) is 31.0. The summed E-state index contributed by atoms with van der Waals surface area (Å²) in [6.45, 7) is 0. The van der Waals surface area contributed by atoms with Gasteiger partial charge in [0.1, 0.15) is 0 Å². The van der Waals surface area contributed by atoms with Crippen molar-refractivity contribution in [1.29, 1.82) is 5.26 Å². The summed E-state index contributed by atoms with van der Waals surface area (Å²) in [6, 6.07) is 58.0. The van der Waals surface area contributed by atoms with Crippen molar-refractivity contribution in [3.05, 3.63) is 187 Å². The molecule has 6 aromatic carbocycles. The average molecular weight is 719 g/mol. The highest BCUT2D eigenvalue weighted by Gasteiger charge is 2.44. The van der Waals surface area contributed by atoms with Crippen molar-refractivity contribution in [2.75, 3.05) is 0 Å². The van der Waals surface area contributed by atoms with Gasteiger partial charge in [-0.1, -0.05) is 153 Å². The summed E-state index contributed by atoms with van der Waals surface area (Å²) in [5, 5.41) is 9.83. The molecule has 2 aliphatic carbocycles. The molecular weight excluding hydrogens is 681 g/mol. The third kappa shape index (κ3) is 5.90. The maximum absolute atomic E-state index is 9.83. The molecule has 1 saturated carbocycles. The summed E-state index contributed by atoms with van der Waals surface area (Å²) in [6.07, 6.45) is 9.79. The molecule has 266 valence electrons. The molecule has 8 aromatic rings. The van der Waals surface area contributed by atoms with E-state index in [1.807, 2.05) is 36.5 Å². The lowest BCUT2D eigenvalue weighted by Gasteiger charge is -2.36. The molecule has 0 atom stereocenters. The number of nitrogens with zero attached hydrogens (tertiary/aromatic N) is 4. The Bertz CT molecular complexity index is 2740. The van der Waals surface area contributed by atoms with E-state index in [0.29, 0.717) is 5.82 Å². The molecule has 0 aliphatic heterocycles. The number of aromatic nitrogens is 3. The van der Waals surface area contributed by atoms with Crippen molar-refractivity contribution in [3.8, 4) is 84.5 Å². The van der Waals surface area contributed by atoms with Gasteiger partial charge in [0.2, 0.25) is 0 Å². The van der Waals surface area contributed by atoms with E-state index in [0.717, 1.165) is 55.9 Å². The molecule has 0 N–H and O–H groups in total. The molecule has 1 fully saturated rings. The van der Waals surface area contributed by atoms with Crippen LogP contribution in [-0.4, -0.2) is 15.0 Å². The highest BCUT2D eigenvalue weighted by molar-refractivity contribution is 5.93. The van der Waals surface area contributed by atoms with Gasteiger partial charge in [0, 0.05) is 34.5 Å². The Hall–Kier alpha value is -6.96. The smallest absolute Gasteiger partial charge is 0.160 e. The van der Waals surface area contributed by atoms with Crippen LogP contribution >= 0.6 is 0 Å². The van der Waals surface area contributed by atoms with E-state index in [2.05, 4.69) is 138 Å². The minimum Gasteiger partial charge on any atom is -0.264 e. The van der Waals surface area contributed by atoms with Crippen LogP contribution in [0.5, 0.6) is 0 Å². The van der Waals surface area contributed by atoms with Crippen LogP contribution in [0.15, 0.2) is 170 Å². The van der Waals surface area contributed by atoms with Crippen molar-refractivity contribution in [2.45, 2.75) is 37.5 Å². The summed E-state index contributed by atoms with van der Waals surface area (Å²) in [5.41, 5.74) is 17.9. The molecule has 2 aliphatic rings. The Balaban J connectivity index is 0.972. The van der Waals surface area contributed by atoms with Crippen molar-refractivity contribution < 1.29 is 0 Å². The fourth-order valence-electron chi connectivity index (χ4n) is 9.06. The number of hydrogen-bond acceptors (Lipinski definition) is 4. The van der Waals surface area contributed by atoms with Gasteiger partial charge in [0.15, 0.2) is 5.82 Å². The third-order valence-corrected chi connectivity index (χ3v) is 11.9. The first-order valence-corrected chi connectivity index (χ1v) is 19.5. The lowest BCUT2D eigenvalue weighted by atomic mass is 9.67. The first-order chi connectivity index (χ1) is 27.7. The molecule has 2 aromatic heterocycles. The molecule has 2 heterocycles. The van der Waals surface area contributed by atoms with Gasteiger partial charge in [-0.3, -0.25) is 4.98 Å². The van der Waals surface area contributed by atoms with Gasteiger partial charge in [-0.25, -0.2) is 9.97 Å². The minimum atomic E-state index is 0.0474. The Labute approximate surface area is 327 Å².